The van der Waals surface area contributed by atoms with Gasteiger partial charge < -0.3 is 9.47 Å². The SMILES string of the molecule is COC(=O)c1c(C#N)cc(Br)cc1OC(F)F. The molecule has 0 fully saturated rings. The van der Waals surface area contributed by atoms with Crippen molar-refractivity contribution < 1.29 is 23.0 Å². The number of nitriles is 1. The molecule has 0 saturated heterocycles. The molecule has 0 spiro atoms. The third-order valence-corrected chi connectivity index (χ3v) is 2.25. The van der Waals surface area contributed by atoms with Gasteiger partial charge in [0.05, 0.1) is 12.7 Å². The van der Waals surface area contributed by atoms with Crippen LogP contribution in [-0.4, -0.2) is 19.7 Å². The predicted molar refractivity (Wildman–Crippen MR) is 56.8 cm³/mol. The van der Waals surface area contributed by atoms with Crippen LogP contribution in [-0.2, 0) is 4.74 Å². The number of benzene rings is 1. The summed E-state index contributed by atoms with van der Waals surface area (Å²) in [7, 11) is 1.08. The maximum absolute atomic E-state index is 12.2. The second-order valence-electron chi connectivity index (χ2n) is 2.81. The first kappa shape index (κ1) is 13.4. The summed E-state index contributed by atoms with van der Waals surface area (Å²) >= 11 is 3.02. The van der Waals surface area contributed by atoms with Gasteiger partial charge in [-0.3, -0.25) is 0 Å². The summed E-state index contributed by atoms with van der Waals surface area (Å²) in [5.41, 5.74) is -0.430. The van der Waals surface area contributed by atoms with Gasteiger partial charge in [-0.25, -0.2) is 4.79 Å². The van der Waals surface area contributed by atoms with Crippen LogP contribution in [0.5, 0.6) is 5.75 Å². The second kappa shape index (κ2) is 5.59. The number of esters is 1. The average molecular weight is 306 g/mol. The number of methoxy groups -OCH3 is 1. The van der Waals surface area contributed by atoms with E-state index in [0.29, 0.717) is 4.47 Å². The molecule has 0 aromatic heterocycles. The monoisotopic (exact) mass is 305 g/mol. The molecule has 0 N–H and O–H groups in total. The zero-order chi connectivity index (χ0) is 13.0. The summed E-state index contributed by atoms with van der Waals surface area (Å²) in [5.74, 6) is -1.32. The second-order valence-corrected chi connectivity index (χ2v) is 3.72. The van der Waals surface area contributed by atoms with Gasteiger partial charge in [-0.1, -0.05) is 15.9 Å². The van der Waals surface area contributed by atoms with Crippen LogP contribution >= 0.6 is 15.9 Å². The smallest absolute Gasteiger partial charge is 0.387 e. The molecule has 0 aliphatic carbocycles. The topological polar surface area (TPSA) is 59.3 Å². The minimum Gasteiger partial charge on any atom is -0.465 e. The predicted octanol–water partition coefficient (Wildman–Crippen LogP) is 2.71. The van der Waals surface area contributed by atoms with E-state index in [0.717, 1.165) is 7.11 Å². The molecular formula is C10H6BrF2NO3. The van der Waals surface area contributed by atoms with E-state index in [1.165, 1.54) is 12.1 Å². The van der Waals surface area contributed by atoms with Crippen molar-refractivity contribution in [2.24, 2.45) is 0 Å². The van der Waals surface area contributed by atoms with Crippen LogP contribution in [0.1, 0.15) is 15.9 Å². The van der Waals surface area contributed by atoms with Gasteiger partial charge in [-0.2, -0.15) is 14.0 Å². The fourth-order valence-electron chi connectivity index (χ4n) is 1.17. The van der Waals surface area contributed by atoms with Crippen LogP contribution in [0.25, 0.3) is 0 Å². The number of hydrogen-bond acceptors (Lipinski definition) is 4. The lowest BCUT2D eigenvalue weighted by atomic mass is 10.1. The number of carbonyl (C=O) groups is 1. The molecule has 0 amide bonds. The van der Waals surface area contributed by atoms with E-state index in [-0.39, 0.29) is 11.1 Å². The Balaban J connectivity index is 3.39. The molecule has 90 valence electrons. The summed E-state index contributed by atoms with van der Waals surface area (Å²) < 4.78 is 33.3. The number of carbonyl (C=O) groups excluding carboxylic acids is 1. The number of nitrogens with zero attached hydrogens (tertiary/aromatic N) is 1. The summed E-state index contributed by atoms with van der Waals surface area (Å²) in [6.45, 7) is -3.10. The van der Waals surface area contributed by atoms with Crippen molar-refractivity contribution >= 4 is 21.9 Å². The fourth-order valence-corrected chi connectivity index (χ4v) is 1.61. The zero-order valence-corrected chi connectivity index (χ0v) is 10.1. The number of rotatable bonds is 3. The summed E-state index contributed by atoms with van der Waals surface area (Å²) in [6.07, 6.45) is 0. The number of hydrogen-bond donors (Lipinski definition) is 0. The Hall–Kier alpha value is -1.68. The van der Waals surface area contributed by atoms with Crippen molar-refractivity contribution in [2.75, 3.05) is 7.11 Å². The highest BCUT2D eigenvalue weighted by molar-refractivity contribution is 9.10. The Kier molecular flexibility index (Phi) is 4.40. The van der Waals surface area contributed by atoms with Gasteiger partial charge in [0, 0.05) is 4.47 Å². The first-order valence-electron chi connectivity index (χ1n) is 4.26. The van der Waals surface area contributed by atoms with Gasteiger partial charge in [0.1, 0.15) is 17.4 Å². The van der Waals surface area contributed by atoms with Crippen LogP contribution in [0.3, 0.4) is 0 Å². The lowest BCUT2D eigenvalue weighted by Gasteiger charge is -2.11. The molecule has 0 atom stereocenters. The number of alkyl halides is 2. The first-order valence-corrected chi connectivity index (χ1v) is 5.05. The van der Waals surface area contributed by atoms with Crippen molar-refractivity contribution in [2.45, 2.75) is 6.61 Å². The van der Waals surface area contributed by atoms with Crippen molar-refractivity contribution in [3.63, 3.8) is 0 Å². The van der Waals surface area contributed by atoms with E-state index < -0.39 is 18.3 Å². The van der Waals surface area contributed by atoms with Gasteiger partial charge >= 0.3 is 12.6 Å². The zero-order valence-electron chi connectivity index (χ0n) is 8.54. The molecule has 1 rings (SSSR count). The largest absolute Gasteiger partial charge is 0.465 e. The van der Waals surface area contributed by atoms with Gasteiger partial charge in [0.2, 0.25) is 0 Å². The summed E-state index contributed by atoms with van der Waals surface area (Å²) in [6, 6.07) is 4.19. The molecule has 0 aliphatic heterocycles. The third-order valence-electron chi connectivity index (χ3n) is 1.79. The highest BCUT2D eigenvalue weighted by atomic mass is 79.9. The molecule has 7 heteroatoms. The van der Waals surface area contributed by atoms with Crippen molar-refractivity contribution in [3.8, 4) is 11.8 Å². The molecular weight excluding hydrogens is 300 g/mol. The maximum Gasteiger partial charge on any atom is 0.387 e. The summed E-state index contributed by atoms with van der Waals surface area (Å²) in [4.78, 5) is 11.4. The minimum absolute atomic E-state index is 0.109. The Labute approximate surface area is 104 Å². The van der Waals surface area contributed by atoms with E-state index in [9.17, 15) is 13.6 Å². The van der Waals surface area contributed by atoms with E-state index in [1.54, 1.807) is 6.07 Å². The molecule has 0 bridgehead atoms. The van der Waals surface area contributed by atoms with Gasteiger partial charge in [0.15, 0.2) is 0 Å². The number of halogens is 3. The molecule has 0 unspecified atom stereocenters. The van der Waals surface area contributed by atoms with Crippen LogP contribution in [0.2, 0.25) is 0 Å². The first-order chi connectivity index (χ1) is 7.99. The van der Waals surface area contributed by atoms with E-state index in [2.05, 4.69) is 25.4 Å². The highest BCUT2D eigenvalue weighted by Crippen LogP contribution is 2.29. The van der Waals surface area contributed by atoms with E-state index >= 15 is 0 Å². The molecule has 0 saturated carbocycles. The van der Waals surface area contributed by atoms with Crippen LogP contribution in [0, 0.1) is 11.3 Å². The van der Waals surface area contributed by atoms with E-state index in [4.69, 9.17) is 5.26 Å². The molecule has 4 nitrogen and oxygen atoms in total. The lowest BCUT2D eigenvalue weighted by Crippen LogP contribution is -2.11. The molecule has 1 aromatic rings. The maximum atomic E-state index is 12.2. The molecule has 17 heavy (non-hydrogen) atoms. The molecule has 0 radical (unpaired) electrons. The lowest BCUT2D eigenvalue weighted by molar-refractivity contribution is -0.0504. The minimum atomic E-state index is -3.10. The van der Waals surface area contributed by atoms with E-state index in [1.807, 2.05) is 0 Å². The fraction of sp³-hybridized carbons (Fsp3) is 0.200. The van der Waals surface area contributed by atoms with Crippen LogP contribution in [0.4, 0.5) is 8.78 Å². The Morgan fingerprint density at radius 2 is 2.18 bits per heavy atom. The van der Waals surface area contributed by atoms with Crippen molar-refractivity contribution in [1.82, 2.24) is 0 Å². The quantitative estimate of drug-likeness (QED) is 0.806. The van der Waals surface area contributed by atoms with Crippen molar-refractivity contribution in [3.05, 3.63) is 27.7 Å². The Bertz CT molecular complexity index is 485. The summed E-state index contributed by atoms with van der Waals surface area (Å²) in [5, 5.41) is 8.82. The Morgan fingerprint density at radius 3 is 2.65 bits per heavy atom. The molecule has 0 aliphatic rings. The van der Waals surface area contributed by atoms with Gasteiger partial charge in [-0.15, -0.1) is 0 Å². The molecule has 1 aromatic carbocycles. The van der Waals surface area contributed by atoms with Crippen molar-refractivity contribution in [1.29, 1.82) is 5.26 Å². The van der Waals surface area contributed by atoms with Crippen LogP contribution < -0.4 is 4.74 Å². The standard InChI is InChI=1S/C10H6BrF2NO3/c1-16-9(15)8-5(4-14)2-6(11)3-7(8)17-10(12)13/h2-3,10H,1H3. The molecule has 0 heterocycles. The normalized spacial score (nSPS) is 9.88. The van der Waals surface area contributed by atoms with Gasteiger partial charge in [0.25, 0.3) is 0 Å². The highest BCUT2D eigenvalue weighted by Gasteiger charge is 2.21. The number of ether oxygens (including phenoxy) is 2. The van der Waals surface area contributed by atoms with Gasteiger partial charge in [-0.05, 0) is 12.1 Å². The average Bonchev–Trinajstić information content (AvgIpc) is 2.26. The third kappa shape index (κ3) is 3.14. The van der Waals surface area contributed by atoms with Crippen LogP contribution in [0.15, 0.2) is 16.6 Å². The Morgan fingerprint density at radius 1 is 1.53 bits per heavy atom.